The molecule has 31 heavy (non-hydrogen) atoms. The average Bonchev–Trinajstić information content (AvgIpc) is 2.71. The number of aliphatic hydroxyl groups excluding tert-OH is 1. The predicted molar refractivity (Wildman–Crippen MR) is 118 cm³/mol. The molecule has 0 saturated heterocycles. The van der Waals surface area contributed by atoms with Crippen LogP contribution in [0.25, 0.3) is 0 Å². The van der Waals surface area contributed by atoms with Crippen molar-refractivity contribution in [2.45, 2.75) is 56.2 Å². The first-order valence-corrected chi connectivity index (χ1v) is 11.2. The quantitative estimate of drug-likeness (QED) is 0.426. The fourth-order valence-corrected chi connectivity index (χ4v) is 4.78. The lowest BCUT2D eigenvalue weighted by Gasteiger charge is -2.40. The number of hydrogen-bond acceptors (Lipinski definition) is 3. The van der Waals surface area contributed by atoms with Crippen LogP contribution in [0.1, 0.15) is 43.2 Å². The third kappa shape index (κ3) is 6.48. The van der Waals surface area contributed by atoms with E-state index >= 15 is 0 Å². The van der Waals surface area contributed by atoms with Crippen LogP contribution in [0.5, 0.6) is 0 Å². The Labute approximate surface area is 189 Å². The molecule has 2 atom stereocenters. The molecule has 0 aromatic heterocycles. The van der Waals surface area contributed by atoms with Crippen LogP contribution in [0.4, 0.5) is 13.6 Å². The van der Waals surface area contributed by atoms with Crippen LogP contribution in [0.15, 0.2) is 46.9 Å². The van der Waals surface area contributed by atoms with Crippen LogP contribution in [-0.2, 0) is 12.0 Å². The zero-order chi connectivity index (χ0) is 22.4. The molecule has 1 aliphatic rings. The summed E-state index contributed by atoms with van der Waals surface area (Å²) >= 11 is 3.52. The molecule has 3 rings (SSSR count). The molecule has 0 spiro atoms. The topological polar surface area (TPSA) is 81.6 Å². The highest BCUT2D eigenvalue weighted by Gasteiger charge is 2.35. The molecule has 2 unspecified atom stereocenters. The summed E-state index contributed by atoms with van der Waals surface area (Å²) in [4.78, 5) is 11.3. The molecule has 0 bridgehead atoms. The Morgan fingerprint density at radius 1 is 1.10 bits per heavy atom. The van der Waals surface area contributed by atoms with E-state index in [2.05, 4.69) is 38.7 Å². The van der Waals surface area contributed by atoms with E-state index in [1.54, 1.807) is 0 Å². The van der Waals surface area contributed by atoms with Gasteiger partial charge in [-0.15, -0.1) is 0 Å². The third-order valence-electron chi connectivity index (χ3n) is 5.89. The Balaban J connectivity index is 1.76. The van der Waals surface area contributed by atoms with E-state index in [1.807, 2.05) is 12.1 Å². The maximum Gasteiger partial charge on any atom is 0.404 e. The third-order valence-corrected chi connectivity index (χ3v) is 6.38. The highest BCUT2D eigenvalue weighted by Crippen LogP contribution is 2.38. The SMILES string of the molecule is O=C(O)NC(Cc1cc(F)cc(F)c1)C(O)CNC1(c2cccc(Br)c2)CCCCC1. The van der Waals surface area contributed by atoms with Crippen molar-refractivity contribution >= 4 is 22.0 Å². The Morgan fingerprint density at radius 2 is 1.77 bits per heavy atom. The Kier molecular flexibility index (Phi) is 8.02. The summed E-state index contributed by atoms with van der Waals surface area (Å²) in [5.74, 6) is -1.49. The van der Waals surface area contributed by atoms with Gasteiger partial charge in [0.1, 0.15) is 11.6 Å². The number of nitrogens with one attached hydrogen (secondary N) is 2. The molecule has 0 aliphatic heterocycles. The lowest BCUT2D eigenvalue weighted by atomic mass is 9.76. The molecule has 4 N–H and O–H groups in total. The molecule has 2 aromatic carbocycles. The Hall–Kier alpha value is -2.03. The molecular formula is C23H27BrF2N2O3. The fraction of sp³-hybridized carbons (Fsp3) is 0.435. The van der Waals surface area contributed by atoms with Gasteiger partial charge < -0.3 is 20.8 Å². The van der Waals surface area contributed by atoms with E-state index < -0.39 is 29.9 Å². The zero-order valence-electron chi connectivity index (χ0n) is 17.1. The van der Waals surface area contributed by atoms with Crippen LogP contribution < -0.4 is 10.6 Å². The van der Waals surface area contributed by atoms with E-state index in [1.165, 1.54) is 0 Å². The van der Waals surface area contributed by atoms with E-state index in [0.29, 0.717) is 0 Å². The number of aliphatic hydroxyl groups is 1. The molecular weight excluding hydrogens is 470 g/mol. The molecule has 2 aromatic rings. The number of carboxylic acid groups (broad SMARTS) is 1. The first kappa shape index (κ1) is 23.6. The molecule has 1 saturated carbocycles. The Bertz CT molecular complexity index is 886. The largest absolute Gasteiger partial charge is 0.465 e. The molecule has 1 fully saturated rings. The van der Waals surface area contributed by atoms with Crippen LogP contribution >= 0.6 is 15.9 Å². The molecule has 1 aliphatic carbocycles. The highest BCUT2D eigenvalue weighted by atomic mass is 79.9. The molecule has 0 radical (unpaired) electrons. The van der Waals surface area contributed by atoms with Crippen LogP contribution in [-0.4, -0.2) is 35.0 Å². The normalized spacial score (nSPS) is 17.7. The summed E-state index contributed by atoms with van der Waals surface area (Å²) in [6, 6.07) is 10.2. The first-order valence-electron chi connectivity index (χ1n) is 10.4. The highest BCUT2D eigenvalue weighted by molar-refractivity contribution is 9.10. The second kappa shape index (κ2) is 10.5. The molecule has 1 amide bonds. The summed E-state index contributed by atoms with van der Waals surface area (Å²) in [6.07, 6.45) is 2.63. The summed E-state index contributed by atoms with van der Waals surface area (Å²) in [5, 5.41) is 25.8. The lowest BCUT2D eigenvalue weighted by Crippen LogP contribution is -2.53. The summed E-state index contributed by atoms with van der Waals surface area (Å²) in [6.45, 7) is 0.134. The monoisotopic (exact) mass is 496 g/mol. The van der Waals surface area contributed by atoms with Gasteiger partial charge in [0.2, 0.25) is 0 Å². The summed E-state index contributed by atoms with van der Waals surface area (Å²) in [7, 11) is 0. The maximum atomic E-state index is 13.5. The Morgan fingerprint density at radius 3 is 2.39 bits per heavy atom. The summed E-state index contributed by atoms with van der Waals surface area (Å²) < 4.78 is 28.1. The number of benzene rings is 2. The number of amides is 1. The van der Waals surface area contributed by atoms with Crippen molar-refractivity contribution in [2.24, 2.45) is 0 Å². The maximum absolute atomic E-state index is 13.5. The van der Waals surface area contributed by atoms with Crippen molar-refractivity contribution in [1.82, 2.24) is 10.6 Å². The number of rotatable bonds is 8. The van der Waals surface area contributed by atoms with Crippen molar-refractivity contribution in [2.75, 3.05) is 6.54 Å². The van der Waals surface area contributed by atoms with Gasteiger partial charge in [-0.2, -0.15) is 0 Å². The van der Waals surface area contributed by atoms with Gasteiger partial charge in [-0.25, -0.2) is 13.6 Å². The number of carbonyl (C=O) groups is 1. The van der Waals surface area contributed by atoms with Gasteiger partial charge in [-0.3, -0.25) is 0 Å². The van der Waals surface area contributed by atoms with Crippen molar-refractivity contribution < 1.29 is 23.8 Å². The van der Waals surface area contributed by atoms with Gasteiger partial charge >= 0.3 is 6.09 Å². The molecule has 5 nitrogen and oxygen atoms in total. The zero-order valence-corrected chi connectivity index (χ0v) is 18.7. The van der Waals surface area contributed by atoms with Crippen molar-refractivity contribution in [3.05, 3.63) is 69.7 Å². The molecule has 0 heterocycles. The fourth-order valence-electron chi connectivity index (χ4n) is 4.38. The minimum atomic E-state index is -1.31. The van der Waals surface area contributed by atoms with Gasteiger partial charge in [0.05, 0.1) is 12.1 Å². The predicted octanol–water partition coefficient (Wildman–Crippen LogP) is 4.72. The second-order valence-corrected chi connectivity index (χ2v) is 9.05. The van der Waals surface area contributed by atoms with E-state index in [4.69, 9.17) is 0 Å². The molecule has 168 valence electrons. The van der Waals surface area contributed by atoms with Gasteiger partial charge in [-0.1, -0.05) is 47.3 Å². The molecule has 8 heteroatoms. The van der Waals surface area contributed by atoms with Gasteiger partial charge in [0, 0.05) is 22.6 Å². The minimum Gasteiger partial charge on any atom is -0.465 e. The number of halogens is 3. The van der Waals surface area contributed by atoms with Crippen molar-refractivity contribution in [3.8, 4) is 0 Å². The van der Waals surface area contributed by atoms with Crippen LogP contribution in [0.2, 0.25) is 0 Å². The van der Waals surface area contributed by atoms with E-state index in [-0.39, 0.29) is 24.1 Å². The smallest absolute Gasteiger partial charge is 0.404 e. The van der Waals surface area contributed by atoms with Crippen molar-refractivity contribution in [3.63, 3.8) is 0 Å². The standard InChI is InChI=1S/C23H27BrF2N2O3/c24-17-6-4-5-16(12-17)23(7-2-1-3-8-23)27-14-21(29)20(28-22(30)31)11-15-9-18(25)13-19(26)10-15/h4-6,9-10,12-13,20-21,27-29H,1-3,7-8,11,14H2,(H,30,31). The first-order chi connectivity index (χ1) is 14.8. The summed E-state index contributed by atoms with van der Waals surface area (Å²) in [5.41, 5.74) is 1.07. The average molecular weight is 497 g/mol. The van der Waals surface area contributed by atoms with Crippen molar-refractivity contribution in [1.29, 1.82) is 0 Å². The van der Waals surface area contributed by atoms with Gasteiger partial charge in [0.15, 0.2) is 0 Å². The van der Waals surface area contributed by atoms with Gasteiger partial charge in [0.25, 0.3) is 0 Å². The van der Waals surface area contributed by atoms with E-state index in [9.17, 15) is 23.8 Å². The lowest BCUT2D eigenvalue weighted by molar-refractivity contribution is 0.100. The van der Waals surface area contributed by atoms with Gasteiger partial charge in [-0.05, 0) is 54.7 Å². The van der Waals surface area contributed by atoms with E-state index in [0.717, 1.165) is 60.3 Å². The second-order valence-electron chi connectivity index (χ2n) is 8.14. The minimum absolute atomic E-state index is 0.0340. The van der Waals surface area contributed by atoms with Crippen LogP contribution in [0.3, 0.4) is 0 Å². The van der Waals surface area contributed by atoms with Crippen LogP contribution in [0, 0.1) is 11.6 Å². The number of hydrogen-bond donors (Lipinski definition) is 4.